The van der Waals surface area contributed by atoms with Gasteiger partial charge in [0.25, 0.3) is 0 Å². The van der Waals surface area contributed by atoms with Gasteiger partial charge in [0, 0.05) is 11.5 Å². The lowest BCUT2D eigenvalue weighted by atomic mass is 9.79. The minimum Gasteiger partial charge on any atom is -0.494 e. The molecule has 0 saturated carbocycles. The van der Waals surface area contributed by atoms with Crippen molar-refractivity contribution < 1.29 is 19.5 Å². The first-order valence-corrected chi connectivity index (χ1v) is 5.63. The van der Waals surface area contributed by atoms with E-state index in [0.29, 0.717) is 30.8 Å². The molecule has 0 saturated heterocycles. The predicted octanol–water partition coefficient (Wildman–Crippen LogP) is -1.01. The maximum absolute atomic E-state index is 9.65. The van der Waals surface area contributed by atoms with Gasteiger partial charge in [0.2, 0.25) is 0 Å². The number of ether oxygens (including phenoxy) is 1. The molecule has 1 atom stereocenters. The minimum absolute atomic E-state index is 0.0536. The van der Waals surface area contributed by atoms with Gasteiger partial charge in [-0.25, -0.2) is 0 Å². The molecule has 0 aromatic heterocycles. The van der Waals surface area contributed by atoms with Crippen LogP contribution in [-0.2, 0) is 11.3 Å². The molecule has 0 radical (unpaired) electrons. The first-order chi connectivity index (χ1) is 8.22. The molecule has 4 N–H and O–H groups in total. The second kappa shape index (κ2) is 5.51. The zero-order valence-electron chi connectivity index (χ0n) is 9.50. The van der Waals surface area contributed by atoms with Crippen LogP contribution in [0.25, 0.3) is 0 Å². The molecule has 92 valence electrons. The van der Waals surface area contributed by atoms with Gasteiger partial charge in [0.05, 0.1) is 19.8 Å². The van der Waals surface area contributed by atoms with Gasteiger partial charge in [-0.15, -0.1) is 0 Å². The maximum atomic E-state index is 9.65. The normalized spacial score (nSPS) is 15.8. The summed E-state index contributed by atoms with van der Waals surface area (Å²) in [4.78, 5) is 0. The average Bonchev–Trinajstić information content (AvgIpc) is 2.72. The van der Waals surface area contributed by atoms with E-state index in [1.54, 1.807) is 6.07 Å². The second-order valence-corrected chi connectivity index (χ2v) is 4.07. The van der Waals surface area contributed by atoms with Gasteiger partial charge < -0.3 is 25.3 Å². The van der Waals surface area contributed by atoms with Crippen LogP contribution < -0.4 is 15.9 Å². The van der Waals surface area contributed by atoms with E-state index < -0.39 is 7.12 Å². The maximum Gasteiger partial charge on any atom is 0.495 e. The fourth-order valence-corrected chi connectivity index (χ4v) is 1.79. The van der Waals surface area contributed by atoms with Crippen LogP contribution in [0.2, 0.25) is 0 Å². The highest BCUT2D eigenvalue weighted by Crippen LogP contribution is 2.18. The summed E-state index contributed by atoms with van der Waals surface area (Å²) in [5.41, 5.74) is 7.22. The van der Waals surface area contributed by atoms with E-state index in [1.165, 1.54) is 0 Å². The Kier molecular flexibility index (Phi) is 4.01. The zero-order chi connectivity index (χ0) is 12.3. The largest absolute Gasteiger partial charge is 0.495 e. The van der Waals surface area contributed by atoms with Gasteiger partial charge in [-0.1, -0.05) is 12.1 Å². The van der Waals surface area contributed by atoms with Gasteiger partial charge >= 0.3 is 7.12 Å². The summed E-state index contributed by atoms with van der Waals surface area (Å²) in [5.74, 6) is 0.623. The molecule has 0 unspecified atom stereocenters. The van der Waals surface area contributed by atoms with Gasteiger partial charge in [-0.2, -0.15) is 0 Å². The van der Waals surface area contributed by atoms with Crippen molar-refractivity contribution in [2.45, 2.75) is 19.1 Å². The third-order valence-corrected chi connectivity index (χ3v) is 2.78. The lowest BCUT2D eigenvalue weighted by Crippen LogP contribution is -2.31. The molecule has 1 aromatic carbocycles. The summed E-state index contributed by atoms with van der Waals surface area (Å²) in [6.45, 7) is 0.761. The van der Waals surface area contributed by atoms with Crippen LogP contribution in [0, 0.1) is 0 Å². The standard InChI is InChI=1S/C11H16BNO4/c13-9(6-14)4-5-16-10-3-1-2-8-7-17-12(15)11(8)10/h1-3,9,14-15H,4-7,13H2/t9-/m0/s1. The van der Waals surface area contributed by atoms with Gasteiger partial charge in [-0.3, -0.25) is 0 Å². The monoisotopic (exact) mass is 237 g/mol. The topological polar surface area (TPSA) is 84.9 Å². The molecule has 17 heavy (non-hydrogen) atoms. The molecule has 5 nitrogen and oxygen atoms in total. The molecular weight excluding hydrogens is 221 g/mol. The molecule has 6 heteroatoms. The molecule has 1 aromatic rings. The van der Waals surface area contributed by atoms with Crippen LogP contribution in [0.1, 0.15) is 12.0 Å². The summed E-state index contributed by atoms with van der Waals surface area (Å²) >= 11 is 0. The number of aliphatic hydroxyl groups excluding tert-OH is 1. The SMILES string of the molecule is N[C@H](CO)CCOc1cccc2c1B(O)OC2. The Morgan fingerprint density at radius 2 is 2.35 bits per heavy atom. The average molecular weight is 237 g/mol. The fourth-order valence-electron chi connectivity index (χ4n) is 1.79. The van der Waals surface area contributed by atoms with E-state index in [2.05, 4.69) is 0 Å². The highest BCUT2D eigenvalue weighted by molar-refractivity contribution is 6.62. The number of hydrogen-bond acceptors (Lipinski definition) is 5. The summed E-state index contributed by atoms with van der Waals surface area (Å²) in [7, 11) is -0.910. The molecule has 0 fully saturated rings. The minimum atomic E-state index is -0.910. The van der Waals surface area contributed by atoms with Crippen LogP contribution in [0.3, 0.4) is 0 Å². The Morgan fingerprint density at radius 1 is 1.53 bits per heavy atom. The van der Waals surface area contributed by atoms with Crippen molar-refractivity contribution in [2.24, 2.45) is 5.73 Å². The Hall–Kier alpha value is -1.08. The van der Waals surface area contributed by atoms with Crippen molar-refractivity contribution in [2.75, 3.05) is 13.2 Å². The lowest BCUT2D eigenvalue weighted by molar-refractivity contribution is 0.230. The number of hydrogen-bond donors (Lipinski definition) is 3. The number of aliphatic hydroxyl groups is 1. The van der Waals surface area contributed by atoms with Crippen molar-refractivity contribution in [1.82, 2.24) is 0 Å². The second-order valence-electron chi connectivity index (χ2n) is 4.07. The van der Waals surface area contributed by atoms with Gasteiger partial charge in [-0.05, 0) is 18.1 Å². The quantitative estimate of drug-likeness (QED) is 0.571. The van der Waals surface area contributed by atoms with Crippen molar-refractivity contribution in [3.63, 3.8) is 0 Å². The lowest BCUT2D eigenvalue weighted by Gasteiger charge is -2.12. The molecule has 0 spiro atoms. The smallest absolute Gasteiger partial charge is 0.494 e. The van der Waals surface area contributed by atoms with Crippen LogP contribution in [0.5, 0.6) is 5.75 Å². The van der Waals surface area contributed by atoms with Crippen molar-refractivity contribution in [3.8, 4) is 5.75 Å². The Morgan fingerprint density at radius 3 is 3.12 bits per heavy atom. The van der Waals surface area contributed by atoms with Crippen molar-refractivity contribution >= 4 is 12.6 Å². The third-order valence-electron chi connectivity index (χ3n) is 2.78. The molecule has 1 aliphatic heterocycles. The van der Waals surface area contributed by atoms with E-state index in [4.69, 9.17) is 20.2 Å². The van der Waals surface area contributed by atoms with E-state index in [0.717, 1.165) is 5.56 Å². The fraction of sp³-hybridized carbons (Fsp3) is 0.455. The number of rotatable bonds is 5. The number of fused-ring (bicyclic) bond motifs is 1. The molecule has 0 bridgehead atoms. The molecule has 1 heterocycles. The summed E-state index contributed by atoms with van der Waals surface area (Å²) in [5, 5.41) is 18.4. The van der Waals surface area contributed by atoms with Crippen molar-refractivity contribution in [1.29, 1.82) is 0 Å². The van der Waals surface area contributed by atoms with E-state index in [-0.39, 0.29) is 12.6 Å². The van der Waals surface area contributed by atoms with Crippen LogP contribution in [0.4, 0.5) is 0 Å². The highest BCUT2D eigenvalue weighted by Gasteiger charge is 2.30. The van der Waals surface area contributed by atoms with E-state index in [9.17, 15) is 5.02 Å². The van der Waals surface area contributed by atoms with E-state index in [1.807, 2.05) is 12.1 Å². The number of nitrogens with two attached hydrogens (primary N) is 1. The molecular formula is C11H16BNO4. The summed E-state index contributed by atoms with van der Waals surface area (Å²) in [6, 6.07) is 5.29. The summed E-state index contributed by atoms with van der Waals surface area (Å²) < 4.78 is 10.7. The van der Waals surface area contributed by atoms with Crippen LogP contribution >= 0.6 is 0 Å². The third kappa shape index (κ3) is 2.78. The molecule has 0 aliphatic carbocycles. The Bertz CT molecular complexity index is 388. The first-order valence-electron chi connectivity index (χ1n) is 5.63. The van der Waals surface area contributed by atoms with Crippen LogP contribution in [0.15, 0.2) is 18.2 Å². The molecule has 1 aliphatic rings. The predicted molar refractivity (Wildman–Crippen MR) is 64.0 cm³/mol. The number of benzene rings is 1. The Labute approximate surface area is 100 Å². The van der Waals surface area contributed by atoms with Gasteiger partial charge in [0.1, 0.15) is 5.75 Å². The first kappa shape index (κ1) is 12.4. The van der Waals surface area contributed by atoms with Gasteiger partial charge in [0.15, 0.2) is 0 Å². The zero-order valence-corrected chi connectivity index (χ0v) is 9.50. The summed E-state index contributed by atoms with van der Waals surface area (Å²) in [6.07, 6.45) is 0.567. The van der Waals surface area contributed by atoms with Crippen molar-refractivity contribution in [3.05, 3.63) is 23.8 Å². The van der Waals surface area contributed by atoms with E-state index >= 15 is 0 Å². The molecule has 2 rings (SSSR count). The van der Waals surface area contributed by atoms with Crippen LogP contribution in [-0.4, -0.2) is 36.5 Å². The Balaban J connectivity index is 2.00. The molecule has 0 amide bonds. The highest BCUT2D eigenvalue weighted by atomic mass is 16.5.